The summed E-state index contributed by atoms with van der Waals surface area (Å²) < 4.78 is 0. The zero-order valence-electron chi connectivity index (χ0n) is 9.05. The Morgan fingerprint density at radius 1 is 1.21 bits per heavy atom. The van der Waals surface area contributed by atoms with Crippen molar-refractivity contribution in [1.29, 1.82) is 0 Å². The molecule has 0 spiro atoms. The average Bonchev–Trinajstić information content (AvgIpc) is 2.90. The summed E-state index contributed by atoms with van der Waals surface area (Å²) in [5.41, 5.74) is 3.69. The van der Waals surface area contributed by atoms with Gasteiger partial charge in [-0.1, -0.05) is 18.2 Å². The molecule has 74 valence electrons. The van der Waals surface area contributed by atoms with Gasteiger partial charge in [-0.25, -0.2) is 0 Å². The maximum Gasteiger partial charge on any atom is 0.140 e. The van der Waals surface area contributed by atoms with E-state index in [4.69, 9.17) is 0 Å². The molecule has 1 nitrogen and oxygen atoms in total. The molecule has 0 radical (unpaired) electrons. The lowest BCUT2D eigenvalue weighted by molar-refractivity contribution is -0.119. The molecule has 1 fully saturated rings. The molecule has 1 aromatic carbocycles. The molecule has 14 heavy (non-hydrogen) atoms. The molecule has 0 unspecified atom stereocenters. The Labute approximate surface area is 85.1 Å². The van der Waals surface area contributed by atoms with Gasteiger partial charge in [0.05, 0.1) is 5.41 Å². The van der Waals surface area contributed by atoms with E-state index in [1.807, 2.05) is 0 Å². The van der Waals surface area contributed by atoms with Crippen molar-refractivity contribution >= 4 is 5.78 Å². The van der Waals surface area contributed by atoms with Crippen molar-refractivity contribution in [2.75, 3.05) is 0 Å². The van der Waals surface area contributed by atoms with Gasteiger partial charge >= 0.3 is 0 Å². The number of carbonyl (C=O) groups excluding carboxylic acids is 1. The minimum Gasteiger partial charge on any atom is -0.299 e. The fraction of sp³-hybridized carbons (Fsp3) is 0.462. The lowest BCUT2D eigenvalue weighted by atomic mass is 9.90. The van der Waals surface area contributed by atoms with Crippen molar-refractivity contribution in [3.63, 3.8) is 0 Å². The summed E-state index contributed by atoms with van der Waals surface area (Å²) in [4.78, 5) is 11.5. The van der Waals surface area contributed by atoms with Crippen LogP contribution in [0.2, 0.25) is 0 Å². The van der Waals surface area contributed by atoms with Gasteiger partial charge in [0, 0.05) is 0 Å². The molecule has 0 aliphatic heterocycles. The van der Waals surface area contributed by atoms with Crippen LogP contribution in [0.5, 0.6) is 0 Å². The van der Waals surface area contributed by atoms with Gasteiger partial charge in [0.1, 0.15) is 5.78 Å². The number of Topliss-reactive ketones (excluding diaryl/α,β-unsaturated/α-hetero) is 1. The number of hydrogen-bond acceptors (Lipinski definition) is 1. The van der Waals surface area contributed by atoms with E-state index in [0.717, 1.165) is 12.8 Å². The summed E-state index contributed by atoms with van der Waals surface area (Å²) in [6.45, 7) is 5.92. The van der Waals surface area contributed by atoms with Crippen LogP contribution in [0.4, 0.5) is 0 Å². The molecule has 0 bridgehead atoms. The summed E-state index contributed by atoms with van der Waals surface area (Å²) in [6.07, 6.45) is 2.07. The number of ketones is 1. The number of hydrogen-bond donors (Lipinski definition) is 0. The van der Waals surface area contributed by atoms with Gasteiger partial charge in [-0.3, -0.25) is 4.79 Å². The Bertz CT molecular complexity index is 386. The van der Waals surface area contributed by atoms with Crippen LogP contribution in [0.3, 0.4) is 0 Å². The van der Waals surface area contributed by atoms with Crippen LogP contribution in [0.15, 0.2) is 18.2 Å². The van der Waals surface area contributed by atoms with Crippen LogP contribution in [-0.2, 0) is 10.2 Å². The second kappa shape index (κ2) is 2.94. The van der Waals surface area contributed by atoms with Gasteiger partial charge in [0.2, 0.25) is 0 Å². The zero-order valence-corrected chi connectivity index (χ0v) is 9.05. The van der Waals surface area contributed by atoms with Crippen LogP contribution in [0.1, 0.15) is 36.5 Å². The van der Waals surface area contributed by atoms with E-state index in [1.54, 1.807) is 6.92 Å². The molecule has 0 aromatic heterocycles. The molecule has 1 saturated carbocycles. The van der Waals surface area contributed by atoms with Gasteiger partial charge < -0.3 is 0 Å². The molecule has 1 aliphatic carbocycles. The second-order valence-corrected chi connectivity index (χ2v) is 4.44. The molecule has 0 amide bonds. The van der Waals surface area contributed by atoms with Crippen molar-refractivity contribution < 1.29 is 4.79 Å². The van der Waals surface area contributed by atoms with Gasteiger partial charge in [0.25, 0.3) is 0 Å². The lowest BCUT2D eigenvalue weighted by Crippen LogP contribution is -2.16. The largest absolute Gasteiger partial charge is 0.299 e. The third-order valence-corrected chi connectivity index (χ3v) is 3.48. The third kappa shape index (κ3) is 1.28. The normalized spacial score (nSPS) is 17.9. The molecule has 0 atom stereocenters. The van der Waals surface area contributed by atoms with E-state index >= 15 is 0 Å². The lowest BCUT2D eigenvalue weighted by Gasteiger charge is -2.13. The quantitative estimate of drug-likeness (QED) is 0.697. The van der Waals surface area contributed by atoms with E-state index in [2.05, 4.69) is 32.0 Å². The Kier molecular flexibility index (Phi) is 1.99. The summed E-state index contributed by atoms with van der Waals surface area (Å²) in [6, 6.07) is 6.40. The first-order chi connectivity index (χ1) is 6.56. The van der Waals surface area contributed by atoms with Gasteiger partial charge in [-0.05, 0) is 50.3 Å². The van der Waals surface area contributed by atoms with Crippen LogP contribution in [0.25, 0.3) is 0 Å². The number of aryl methyl sites for hydroxylation is 2. The van der Waals surface area contributed by atoms with Crippen molar-refractivity contribution in [3.8, 4) is 0 Å². The van der Waals surface area contributed by atoms with E-state index in [-0.39, 0.29) is 5.41 Å². The summed E-state index contributed by atoms with van der Waals surface area (Å²) in [7, 11) is 0. The van der Waals surface area contributed by atoms with Crippen LogP contribution < -0.4 is 0 Å². The van der Waals surface area contributed by atoms with Crippen LogP contribution in [0, 0.1) is 13.8 Å². The van der Waals surface area contributed by atoms with E-state index < -0.39 is 0 Å². The number of rotatable bonds is 2. The molecule has 0 N–H and O–H groups in total. The first-order valence-corrected chi connectivity index (χ1v) is 5.15. The smallest absolute Gasteiger partial charge is 0.140 e. The Morgan fingerprint density at radius 3 is 2.29 bits per heavy atom. The van der Waals surface area contributed by atoms with Crippen LogP contribution >= 0.6 is 0 Å². The highest BCUT2D eigenvalue weighted by atomic mass is 16.1. The molecule has 0 saturated heterocycles. The predicted molar refractivity (Wildman–Crippen MR) is 57.5 cm³/mol. The number of benzene rings is 1. The first-order valence-electron chi connectivity index (χ1n) is 5.15. The SMILES string of the molecule is CC(=O)C1(c2ccc(C)c(C)c2)CC1. The predicted octanol–water partition coefficient (Wildman–Crippen LogP) is 2.92. The zero-order chi connectivity index (χ0) is 10.3. The maximum atomic E-state index is 11.5. The molecule has 1 aromatic rings. The standard InChI is InChI=1S/C13H16O/c1-9-4-5-12(8-10(9)2)13(6-7-13)11(3)14/h4-5,8H,6-7H2,1-3H3. The first kappa shape index (κ1) is 9.45. The molecule has 2 rings (SSSR count). The van der Waals surface area contributed by atoms with Crippen molar-refractivity contribution in [3.05, 3.63) is 34.9 Å². The van der Waals surface area contributed by atoms with E-state index in [1.165, 1.54) is 16.7 Å². The Morgan fingerprint density at radius 2 is 1.86 bits per heavy atom. The minimum absolute atomic E-state index is 0.113. The summed E-state index contributed by atoms with van der Waals surface area (Å²) in [5.74, 6) is 0.320. The van der Waals surface area contributed by atoms with Crippen molar-refractivity contribution in [1.82, 2.24) is 0 Å². The summed E-state index contributed by atoms with van der Waals surface area (Å²) >= 11 is 0. The van der Waals surface area contributed by atoms with Crippen molar-refractivity contribution in [2.45, 2.75) is 39.0 Å². The molecular weight excluding hydrogens is 172 g/mol. The summed E-state index contributed by atoms with van der Waals surface area (Å²) in [5, 5.41) is 0. The third-order valence-electron chi connectivity index (χ3n) is 3.48. The fourth-order valence-electron chi connectivity index (χ4n) is 2.01. The molecule has 1 heteroatoms. The van der Waals surface area contributed by atoms with Gasteiger partial charge in [0.15, 0.2) is 0 Å². The highest BCUT2D eigenvalue weighted by molar-refractivity contribution is 5.91. The van der Waals surface area contributed by atoms with E-state index in [9.17, 15) is 4.79 Å². The second-order valence-electron chi connectivity index (χ2n) is 4.44. The van der Waals surface area contributed by atoms with Gasteiger partial charge in [-0.2, -0.15) is 0 Å². The molecular formula is C13H16O. The fourth-order valence-corrected chi connectivity index (χ4v) is 2.01. The molecule has 0 heterocycles. The van der Waals surface area contributed by atoms with E-state index in [0.29, 0.717) is 5.78 Å². The highest BCUT2D eigenvalue weighted by Gasteiger charge is 2.48. The topological polar surface area (TPSA) is 17.1 Å². The average molecular weight is 188 g/mol. The monoisotopic (exact) mass is 188 g/mol. The number of carbonyl (C=O) groups is 1. The molecule has 1 aliphatic rings. The Balaban J connectivity index is 2.43. The van der Waals surface area contributed by atoms with Crippen molar-refractivity contribution in [2.24, 2.45) is 0 Å². The highest BCUT2D eigenvalue weighted by Crippen LogP contribution is 2.49. The minimum atomic E-state index is -0.113. The Hall–Kier alpha value is -1.11. The van der Waals surface area contributed by atoms with Gasteiger partial charge in [-0.15, -0.1) is 0 Å². The maximum absolute atomic E-state index is 11.5. The van der Waals surface area contributed by atoms with Crippen LogP contribution in [-0.4, -0.2) is 5.78 Å².